The molecule has 2 fully saturated rings. The van der Waals surface area contributed by atoms with Crippen molar-refractivity contribution in [1.82, 2.24) is 4.90 Å². The van der Waals surface area contributed by atoms with E-state index in [0.29, 0.717) is 5.92 Å². The molecule has 1 saturated heterocycles. The number of ether oxygens (including phenoxy) is 1. The fourth-order valence-electron chi connectivity index (χ4n) is 4.14. The highest BCUT2D eigenvalue weighted by atomic mass is 16.5. The Labute approximate surface area is 147 Å². The summed E-state index contributed by atoms with van der Waals surface area (Å²) in [7, 11) is 0. The van der Waals surface area contributed by atoms with Crippen molar-refractivity contribution in [3.8, 4) is 5.75 Å². The number of aliphatic hydroxyl groups excluding tert-OH is 1. The number of nitrogens with zero attached hydrogens (tertiary/aromatic N) is 1. The van der Waals surface area contributed by atoms with Crippen LogP contribution in [0.25, 0.3) is 0 Å². The van der Waals surface area contributed by atoms with Crippen molar-refractivity contribution >= 4 is 0 Å². The van der Waals surface area contributed by atoms with Gasteiger partial charge in [-0.15, -0.1) is 0 Å². The number of benzene rings is 1. The molecule has 0 amide bonds. The van der Waals surface area contributed by atoms with Crippen molar-refractivity contribution in [2.45, 2.75) is 63.9 Å². The van der Waals surface area contributed by atoms with Gasteiger partial charge < -0.3 is 14.7 Å². The second kappa shape index (κ2) is 9.43. The lowest BCUT2D eigenvalue weighted by molar-refractivity contribution is 0.0848. The van der Waals surface area contributed by atoms with Crippen LogP contribution in [0.3, 0.4) is 0 Å². The maximum atomic E-state index is 10.5. The Kier molecular flexibility index (Phi) is 6.98. The van der Waals surface area contributed by atoms with Crippen LogP contribution in [0.2, 0.25) is 0 Å². The molecule has 0 aromatic heterocycles. The minimum Gasteiger partial charge on any atom is -0.494 e. The Hall–Kier alpha value is -1.06. The van der Waals surface area contributed by atoms with Crippen LogP contribution in [-0.2, 0) is 0 Å². The Morgan fingerprint density at radius 2 is 1.62 bits per heavy atom. The Balaban J connectivity index is 1.39. The molecule has 3 rings (SSSR count). The lowest BCUT2D eigenvalue weighted by atomic mass is 9.83. The molecule has 1 aromatic rings. The second-order valence-corrected chi connectivity index (χ2v) is 7.52. The molecule has 2 aliphatic rings. The number of hydrogen-bond acceptors (Lipinski definition) is 3. The van der Waals surface area contributed by atoms with E-state index < -0.39 is 0 Å². The molecule has 3 heteroatoms. The van der Waals surface area contributed by atoms with E-state index in [1.54, 1.807) is 0 Å². The lowest BCUT2D eigenvalue weighted by Crippen LogP contribution is -2.31. The summed E-state index contributed by atoms with van der Waals surface area (Å²) < 4.78 is 5.87. The average molecular weight is 332 g/mol. The highest BCUT2D eigenvalue weighted by molar-refractivity contribution is 5.28. The topological polar surface area (TPSA) is 32.7 Å². The highest BCUT2D eigenvalue weighted by Gasteiger charge is 2.22. The molecule has 0 spiro atoms. The van der Waals surface area contributed by atoms with Crippen molar-refractivity contribution in [2.75, 3.05) is 26.2 Å². The van der Waals surface area contributed by atoms with Crippen molar-refractivity contribution < 1.29 is 9.84 Å². The Bertz CT molecular complexity index is 461. The Morgan fingerprint density at radius 3 is 2.33 bits per heavy atom. The third-order valence-electron chi connectivity index (χ3n) is 5.65. The molecule has 1 aromatic carbocycles. The molecule has 1 heterocycles. The van der Waals surface area contributed by atoms with Crippen LogP contribution >= 0.6 is 0 Å². The minimum atomic E-state index is -0.307. The first kappa shape index (κ1) is 17.8. The SMILES string of the molecule is OC(c1ccc(OCCCN2CCCCC2)cc1)C1CCCCC1. The zero-order chi connectivity index (χ0) is 16.6. The van der Waals surface area contributed by atoms with Gasteiger partial charge in [0.05, 0.1) is 12.7 Å². The van der Waals surface area contributed by atoms with Gasteiger partial charge in [-0.2, -0.15) is 0 Å². The molecule has 1 N–H and O–H groups in total. The maximum absolute atomic E-state index is 10.5. The summed E-state index contributed by atoms with van der Waals surface area (Å²) in [5.41, 5.74) is 1.04. The summed E-state index contributed by atoms with van der Waals surface area (Å²) in [4.78, 5) is 2.55. The number of likely N-dealkylation sites (tertiary alicyclic amines) is 1. The smallest absolute Gasteiger partial charge is 0.119 e. The van der Waals surface area contributed by atoms with E-state index in [1.165, 1.54) is 51.6 Å². The number of hydrogen-bond donors (Lipinski definition) is 1. The van der Waals surface area contributed by atoms with Crippen molar-refractivity contribution in [2.24, 2.45) is 5.92 Å². The third-order valence-corrected chi connectivity index (χ3v) is 5.65. The van der Waals surface area contributed by atoms with Gasteiger partial charge in [0.15, 0.2) is 0 Å². The molecule has 24 heavy (non-hydrogen) atoms. The fraction of sp³-hybridized carbons (Fsp3) is 0.714. The first-order chi connectivity index (χ1) is 11.8. The summed E-state index contributed by atoms with van der Waals surface area (Å²) in [5.74, 6) is 1.36. The normalized spacial score (nSPS) is 21.5. The van der Waals surface area contributed by atoms with Gasteiger partial charge >= 0.3 is 0 Å². The standard InChI is InChI=1S/C21H33NO2/c23-21(18-8-3-1-4-9-18)19-10-12-20(13-11-19)24-17-7-16-22-14-5-2-6-15-22/h10-13,18,21,23H,1-9,14-17H2. The average Bonchev–Trinajstić information content (AvgIpc) is 2.67. The van der Waals surface area contributed by atoms with E-state index in [1.807, 2.05) is 24.3 Å². The number of rotatable bonds is 7. The van der Waals surface area contributed by atoms with Gasteiger partial charge in [0.1, 0.15) is 5.75 Å². The van der Waals surface area contributed by atoms with E-state index in [-0.39, 0.29) is 6.10 Å². The molecule has 134 valence electrons. The van der Waals surface area contributed by atoms with Gasteiger partial charge in [-0.25, -0.2) is 0 Å². The molecular formula is C21H33NO2. The summed E-state index contributed by atoms with van der Waals surface area (Å²) in [6.45, 7) is 4.45. The van der Waals surface area contributed by atoms with Crippen LogP contribution in [0.4, 0.5) is 0 Å². The van der Waals surface area contributed by atoms with Gasteiger partial charge in [-0.05, 0) is 68.8 Å². The van der Waals surface area contributed by atoms with E-state index in [0.717, 1.165) is 43.7 Å². The largest absolute Gasteiger partial charge is 0.494 e. The lowest BCUT2D eigenvalue weighted by Gasteiger charge is -2.27. The zero-order valence-corrected chi connectivity index (χ0v) is 15.0. The molecule has 1 atom stereocenters. The molecule has 0 bridgehead atoms. The summed E-state index contributed by atoms with van der Waals surface area (Å²) >= 11 is 0. The second-order valence-electron chi connectivity index (χ2n) is 7.52. The predicted octanol–water partition coefficient (Wildman–Crippen LogP) is 4.56. The molecular weight excluding hydrogens is 298 g/mol. The van der Waals surface area contributed by atoms with Crippen LogP contribution < -0.4 is 4.74 Å². The third kappa shape index (κ3) is 5.22. The predicted molar refractivity (Wildman–Crippen MR) is 98.4 cm³/mol. The summed E-state index contributed by atoms with van der Waals surface area (Å²) in [6, 6.07) is 8.11. The number of aliphatic hydroxyl groups is 1. The van der Waals surface area contributed by atoms with Gasteiger partial charge in [0.25, 0.3) is 0 Å². The molecule has 0 radical (unpaired) electrons. The first-order valence-electron chi connectivity index (χ1n) is 9.96. The molecule has 1 aliphatic carbocycles. The van der Waals surface area contributed by atoms with Gasteiger partial charge in [-0.3, -0.25) is 0 Å². The number of piperidine rings is 1. The summed E-state index contributed by atoms with van der Waals surface area (Å²) in [5, 5.41) is 10.5. The van der Waals surface area contributed by atoms with Crippen LogP contribution in [0.1, 0.15) is 69.5 Å². The highest BCUT2D eigenvalue weighted by Crippen LogP contribution is 2.34. The molecule has 1 aliphatic heterocycles. The van der Waals surface area contributed by atoms with Crippen molar-refractivity contribution in [1.29, 1.82) is 0 Å². The first-order valence-corrected chi connectivity index (χ1v) is 9.96. The molecule has 3 nitrogen and oxygen atoms in total. The minimum absolute atomic E-state index is 0.307. The van der Waals surface area contributed by atoms with E-state index in [4.69, 9.17) is 4.74 Å². The van der Waals surface area contributed by atoms with Gasteiger partial charge in [0, 0.05) is 6.54 Å². The molecule has 1 saturated carbocycles. The van der Waals surface area contributed by atoms with Gasteiger partial charge in [0.2, 0.25) is 0 Å². The van der Waals surface area contributed by atoms with Crippen LogP contribution in [0, 0.1) is 5.92 Å². The van der Waals surface area contributed by atoms with E-state index in [9.17, 15) is 5.11 Å². The Morgan fingerprint density at radius 1 is 0.958 bits per heavy atom. The zero-order valence-electron chi connectivity index (χ0n) is 15.0. The van der Waals surface area contributed by atoms with Gasteiger partial charge in [-0.1, -0.05) is 37.8 Å². The van der Waals surface area contributed by atoms with Crippen LogP contribution in [0.5, 0.6) is 5.75 Å². The van der Waals surface area contributed by atoms with Crippen LogP contribution in [0.15, 0.2) is 24.3 Å². The molecule has 1 unspecified atom stereocenters. The quantitative estimate of drug-likeness (QED) is 0.744. The van der Waals surface area contributed by atoms with Crippen molar-refractivity contribution in [3.63, 3.8) is 0 Å². The summed E-state index contributed by atoms with van der Waals surface area (Å²) in [6.07, 6.45) is 11.1. The maximum Gasteiger partial charge on any atom is 0.119 e. The van der Waals surface area contributed by atoms with Crippen LogP contribution in [-0.4, -0.2) is 36.2 Å². The fourth-order valence-corrected chi connectivity index (χ4v) is 4.14. The van der Waals surface area contributed by atoms with E-state index in [2.05, 4.69) is 4.90 Å². The van der Waals surface area contributed by atoms with Crippen molar-refractivity contribution in [3.05, 3.63) is 29.8 Å². The monoisotopic (exact) mass is 331 g/mol. The van der Waals surface area contributed by atoms with E-state index >= 15 is 0 Å².